The second-order valence-corrected chi connectivity index (χ2v) is 4.25. The van der Waals surface area contributed by atoms with Crippen LogP contribution in [0.1, 0.15) is 13.0 Å². The Morgan fingerprint density at radius 2 is 1.90 bits per heavy atom. The first kappa shape index (κ1) is 13.9. The average molecular weight is 275 g/mol. The van der Waals surface area contributed by atoms with Crippen molar-refractivity contribution in [3.63, 3.8) is 0 Å². The fourth-order valence-corrected chi connectivity index (χ4v) is 1.76. The highest BCUT2D eigenvalue weighted by molar-refractivity contribution is 5.93. The monoisotopic (exact) mass is 275 g/mol. The highest BCUT2D eigenvalue weighted by Crippen LogP contribution is 2.26. The Morgan fingerprint density at radius 1 is 1.25 bits per heavy atom. The van der Waals surface area contributed by atoms with E-state index in [-0.39, 0.29) is 5.91 Å². The summed E-state index contributed by atoms with van der Waals surface area (Å²) in [6.45, 7) is 1.78. The molecule has 0 saturated carbocycles. The van der Waals surface area contributed by atoms with Crippen LogP contribution in [0.4, 0.5) is 5.69 Å². The van der Waals surface area contributed by atoms with Gasteiger partial charge >= 0.3 is 0 Å². The van der Waals surface area contributed by atoms with E-state index in [0.717, 1.165) is 0 Å². The molecule has 1 N–H and O–H groups in total. The maximum Gasteiger partial charge on any atom is 0.248 e. The van der Waals surface area contributed by atoms with Crippen LogP contribution in [0.3, 0.4) is 0 Å². The number of methoxy groups -OCH3 is 2. The van der Waals surface area contributed by atoms with E-state index >= 15 is 0 Å². The standard InChI is InChI=1S/C14H17N3O3/c1-10(17-6-4-5-15-17)14(18)16-11-7-12(19-2)9-13(8-11)20-3/h4-10H,1-3H3,(H,16,18). The number of nitrogens with one attached hydrogen (secondary N) is 1. The van der Waals surface area contributed by atoms with Crippen molar-refractivity contribution in [1.29, 1.82) is 0 Å². The summed E-state index contributed by atoms with van der Waals surface area (Å²) >= 11 is 0. The molecule has 1 amide bonds. The van der Waals surface area contributed by atoms with Gasteiger partial charge in [0.15, 0.2) is 0 Å². The van der Waals surface area contributed by atoms with Gasteiger partial charge in [0.25, 0.3) is 0 Å². The van der Waals surface area contributed by atoms with Gasteiger partial charge in [-0.25, -0.2) is 0 Å². The molecule has 1 aromatic heterocycles. The van der Waals surface area contributed by atoms with Crippen molar-refractivity contribution in [2.75, 3.05) is 19.5 Å². The van der Waals surface area contributed by atoms with E-state index in [9.17, 15) is 4.79 Å². The smallest absolute Gasteiger partial charge is 0.248 e. The number of hydrogen-bond acceptors (Lipinski definition) is 4. The molecule has 0 spiro atoms. The lowest BCUT2D eigenvalue weighted by Crippen LogP contribution is -2.24. The normalized spacial score (nSPS) is 11.8. The van der Waals surface area contributed by atoms with Crippen molar-refractivity contribution in [1.82, 2.24) is 9.78 Å². The molecule has 0 bridgehead atoms. The summed E-state index contributed by atoms with van der Waals surface area (Å²) < 4.78 is 11.9. The quantitative estimate of drug-likeness (QED) is 0.907. The van der Waals surface area contributed by atoms with Gasteiger partial charge in [0.05, 0.1) is 14.2 Å². The molecule has 20 heavy (non-hydrogen) atoms. The summed E-state index contributed by atoms with van der Waals surface area (Å²) in [5.41, 5.74) is 0.616. The number of carbonyl (C=O) groups is 1. The van der Waals surface area contributed by atoms with Crippen molar-refractivity contribution in [2.45, 2.75) is 13.0 Å². The first-order chi connectivity index (χ1) is 9.63. The maximum atomic E-state index is 12.2. The van der Waals surface area contributed by atoms with Crippen LogP contribution in [0.2, 0.25) is 0 Å². The van der Waals surface area contributed by atoms with Crippen LogP contribution < -0.4 is 14.8 Å². The van der Waals surface area contributed by atoms with Crippen LogP contribution in [0.5, 0.6) is 11.5 Å². The minimum Gasteiger partial charge on any atom is -0.497 e. The Balaban J connectivity index is 2.15. The molecular formula is C14H17N3O3. The van der Waals surface area contributed by atoms with Gasteiger partial charge in [-0.3, -0.25) is 9.48 Å². The number of amides is 1. The summed E-state index contributed by atoms with van der Waals surface area (Å²) in [5.74, 6) is 1.07. The van der Waals surface area contributed by atoms with Crippen LogP contribution in [-0.2, 0) is 4.79 Å². The van der Waals surface area contributed by atoms with E-state index in [0.29, 0.717) is 17.2 Å². The Bertz CT molecular complexity index is 559. The minimum absolute atomic E-state index is 0.163. The van der Waals surface area contributed by atoms with Gasteiger partial charge < -0.3 is 14.8 Å². The molecule has 0 fully saturated rings. The van der Waals surface area contributed by atoms with Gasteiger partial charge in [0.2, 0.25) is 5.91 Å². The van der Waals surface area contributed by atoms with Crippen LogP contribution in [-0.4, -0.2) is 29.9 Å². The van der Waals surface area contributed by atoms with Crippen molar-refractivity contribution in [3.8, 4) is 11.5 Å². The molecule has 1 aromatic carbocycles. The zero-order chi connectivity index (χ0) is 14.5. The van der Waals surface area contributed by atoms with Crippen LogP contribution in [0, 0.1) is 0 Å². The lowest BCUT2D eigenvalue weighted by atomic mass is 10.2. The number of aromatic nitrogens is 2. The number of nitrogens with zero attached hydrogens (tertiary/aromatic N) is 2. The van der Waals surface area contributed by atoms with E-state index in [1.165, 1.54) is 0 Å². The molecule has 0 radical (unpaired) electrons. The van der Waals surface area contributed by atoms with Crippen molar-refractivity contribution in [3.05, 3.63) is 36.7 Å². The molecule has 1 unspecified atom stereocenters. The summed E-state index contributed by atoms with van der Waals surface area (Å²) in [4.78, 5) is 12.2. The number of benzene rings is 1. The van der Waals surface area contributed by atoms with E-state index in [4.69, 9.17) is 9.47 Å². The second-order valence-electron chi connectivity index (χ2n) is 4.25. The molecule has 0 aliphatic carbocycles. The minimum atomic E-state index is -0.401. The van der Waals surface area contributed by atoms with Gasteiger partial charge in [0, 0.05) is 36.3 Å². The summed E-state index contributed by atoms with van der Waals surface area (Å²) in [6, 6.07) is 6.58. The predicted molar refractivity (Wildman–Crippen MR) is 75.1 cm³/mol. The Morgan fingerprint density at radius 3 is 2.40 bits per heavy atom. The van der Waals surface area contributed by atoms with Gasteiger partial charge in [-0.2, -0.15) is 5.10 Å². The summed E-state index contributed by atoms with van der Waals surface area (Å²) in [5, 5.41) is 6.87. The van der Waals surface area contributed by atoms with Crippen molar-refractivity contribution >= 4 is 11.6 Å². The molecular weight excluding hydrogens is 258 g/mol. The van der Waals surface area contributed by atoms with Gasteiger partial charge in [-0.05, 0) is 13.0 Å². The molecule has 1 heterocycles. The zero-order valence-electron chi connectivity index (χ0n) is 11.7. The molecule has 2 aromatic rings. The molecule has 1 atom stereocenters. The Kier molecular flexibility index (Phi) is 4.24. The first-order valence-electron chi connectivity index (χ1n) is 6.17. The van der Waals surface area contributed by atoms with Crippen LogP contribution in [0.25, 0.3) is 0 Å². The lowest BCUT2D eigenvalue weighted by Gasteiger charge is -2.14. The molecule has 2 rings (SSSR count). The lowest BCUT2D eigenvalue weighted by molar-refractivity contribution is -0.119. The van der Waals surface area contributed by atoms with Crippen LogP contribution >= 0.6 is 0 Å². The number of hydrogen-bond donors (Lipinski definition) is 1. The first-order valence-corrected chi connectivity index (χ1v) is 6.17. The molecule has 6 nitrogen and oxygen atoms in total. The maximum absolute atomic E-state index is 12.2. The molecule has 0 aliphatic rings. The van der Waals surface area contributed by atoms with Gasteiger partial charge in [0.1, 0.15) is 17.5 Å². The second kappa shape index (κ2) is 6.10. The Labute approximate surface area is 117 Å². The van der Waals surface area contributed by atoms with E-state index in [1.807, 2.05) is 0 Å². The largest absolute Gasteiger partial charge is 0.497 e. The third-order valence-corrected chi connectivity index (χ3v) is 2.92. The fraction of sp³-hybridized carbons (Fsp3) is 0.286. The predicted octanol–water partition coefficient (Wildman–Crippen LogP) is 2.10. The number of rotatable bonds is 5. The number of carbonyl (C=O) groups excluding carboxylic acids is 1. The molecule has 106 valence electrons. The summed E-state index contributed by atoms with van der Waals surface area (Å²) in [7, 11) is 3.12. The third-order valence-electron chi connectivity index (χ3n) is 2.92. The van der Waals surface area contributed by atoms with Crippen molar-refractivity contribution < 1.29 is 14.3 Å². The molecule has 0 aliphatic heterocycles. The van der Waals surface area contributed by atoms with Crippen molar-refractivity contribution in [2.24, 2.45) is 0 Å². The molecule has 0 saturated heterocycles. The number of ether oxygens (including phenoxy) is 2. The summed E-state index contributed by atoms with van der Waals surface area (Å²) in [6.07, 6.45) is 3.38. The molecule has 6 heteroatoms. The van der Waals surface area contributed by atoms with Gasteiger partial charge in [-0.1, -0.05) is 0 Å². The zero-order valence-corrected chi connectivity index (χ0v) is 11.7. The highest BCUT2D eigenvalue weighted by Gasteiger charge is 2.15. The topological polar surface area (TPSA) is 65.4 Å². The highest BCUT2D eigenvalue weighted by atomic mass is 16.5. The van der Waals surface area contributed by atoms with Gasteiger partial charge in [-0.15, -0.1) is 0 Å². The SMILES string of the molecule is COc1cc(NC(=O)C(C)n2cccn2)cc(OC)c1. The van der Waals surface area contributed by atoms with Crippen LogP contribution in [0.15, 0.2) is 36.7 Å². The fourth-order valence-electron chi connectivity index (χ4n) is 1.76. The third kappa shape index (κ3) is 3.09. The number of anilines is 1. The van der Waals surface area contributed by atoms with E-state index < -0.39 is 6.04 Å². The Hall–Kier alpha value is -2.50. The van der Waals surface area contributed by atoms with E-state index in [2.05, 4.69) is 10.4 Å². The average Bonchev–Trinajstić information content (AvgIpc) is 3.00. The van der Waals surface area contributed by atoms with E-state index in [1.54, 1.807) is 62.5 Å².